The zero-order valence-electron chi connectivity index (χ0n) is 11.1. The fourth-order valence-corrected chi connectivity index (χ4v) is 2.79. The van der Waals surface area contributed by atoms with Gasteiger partial charge in [0.1, 0.15) is 0 Å². The summed E-state index contributed by atoms with van der Waals surface area (Å²) < 4.78 is 0. The molecule has 2 fully saturated rings. The van der Waals surface area contributed by atoms with Gasteiger partial charge in [0.15, 0.2) is 0 Å². The molecule has 2 N–H and O–H groups in total. The number of nitrogens with zero attached hydrogens (tertiary/aromatic N) is 2. The Morgan fingerprint density at radius 2 is 1.88 bits per heavy atom. The van der Waals surface area contributed by atoms with Gasteiger partial charge >= 0.3 is 0 Å². The fourth-order valence-electron chi connectivity index (χ4n) is 2.79. The van der Waals surface area contributed by atoms with Crippen LogP contribution >= 0.6 is 0 Å². The van der Waals surface area contributed by atoms with Crippen molar-refractivity contribution in [1.29, 1.82) is 0 Å². The molecule has 0 atom stereocenters. The van der Waals surface area contributed by atoms with Gasteiger partial charge < -0.3 is 10.6 Å². The van der Waals surface area contributed by atoms with Crippen LogP contribution in [-0.4, -0.2) is 54.1 Å². The van der Waals surface area contributed by atoms with E-state index in [1.54, 1.807) is 0 Å². The molecule has 1 aliphatic heterocycles. The van der Waals surface area contributed by atoms with Gasteiger partial charge in [-0.15, -0.1) is 0 Å². The van der Waals surface area contributed by atoms with E-state index in [4.69, 9.17) is 5.73 Å². The van der Waals surface area contributed by atoms with Crippen LogP contribution in [0.2, 0.25) is 0 Å². The molecule has 3 heteroatoms. The van der Waals surface area contributed by atoms with Crippen molar-refractivity contribution in [2.45, 2.75) is 50.6 Å². The number of rotatable bonds is 3. The lowest BCUT2D eigenvalue weighted by Gasteiger charge is -2.47. The average Bonchev–Trinajstić information content (AvgIpc) is 2.17. The minimum absolute atomic E-state index is 0.188. The number of hydrogen-bond acceptors (Lipinski definition) is 3. The SMILES string of the molecule is CN1CCN(CCC2(N)CCC2)CC1(C)C. The molecule has 0 unspecified atom stereocenters. The summed E-state index contributed by atoms with van der Waals surface area (Å²) >= 11 is 0. The number of nitrogens with two attached hydrogens (primary N) is 1. The van der Waals surface area contributed by atoms with E-state index in [1.165, 1.54) is 51.9 Å². The van der Waals surface area contributed by atoms with Crippen LogP contribution in [0.5, 0.6) is 0 Å². The van der Waals surface area contributed by atoms with Gasteiger partial charge in [-0.05, 0) is 46.6 Å². The van der Waals surface area contributed by atoms with Crippen LogP contribution in [0.3, 0.4) is 0 Å². The third kappa shape index (κ3) is 2.58. The molecule has 2 aliphatic rings. The molecule has 1 saturated heterocycles. The summed E-state index contributed by atoms with van der Waals surface area (Å²) in [6, 6.07) is 0. The maximum absolute atomic E-state index is 6.28. The minimum atomic E-state index is 0.188. The van der Waals surface area contributed by atoms with Crippen LogP contribution in [0, 0.1) is 0 Å². The predicted octanol–water partition coefficient (Wildman–Crippen LogP) is 1.28. The lowest BCUT2D eigenvalue weighted by atomic mass is 9.75. The van der Waals surface area contributed by atoms with E-state index in [2.05, 4.69) is 30.7 Å². The molecule has 0 aromatic heterocycles. The fraction of sp³-hybridized carbons (Fsp3) is 1.00. The molecule has 0 amide bonds. The van der Waals surface area contributed by atoms with Crippen LogP contribution in [-0.2, 0) is 0 Å². The first-order valence-electron chi connectivity index (χ1n) is 6.64. The molecule has 2 rings (SSSR count). The van der Waals surface area contributed by atoms with E-state index < -0.39 is 0 Å². The van der Waals surface area contributed by atoms with Gasteiger partial charge in [-0.25, -0.2) is 0 Å². The predicted molar refractivity (Wildman–Crippen MR) is 68.5 cm³/mol. The van der Waals surface area contributed by atoms with Crippen molar-refractivity contribution in [3.63, 3.8) is 0 Å². The molecule has 0 bridgehead atoms. The number of hydrogen-bond donors (Lipinski definition) is 1. The van der Waals surface area contributed by atoms with Crippen molar-refractivity contribution < 1.29 is 0 Å². The first kappa shape index (κ1) is 12.3. The summed E-state index contributed by atoms with van der Waals surface area (Å²) in [6.07, 6.45) is 5.01. The Morgan fingerprint density at radius 3 is 2.38 bits per heavy atom. The smallest absolute Gasteiger partial charge is 0.0277 e. The van der Waals surface area contributed by atoms with Crippen LogP contribution in [0.1, 0.15) is 39.5 Å². The van der Waals surface area contributed by atoms with Crippen LogP contribution in [0.4, 0.5) is 0 Å². The monoisotopic (exact) mass is 225 g/mol. The normalized spacial score (nSPS) is 30.0. The first-order chi connectivity index (χ1) is 7.41. The first-order valence-corrected chi connectivity index (χ1v) is 6.64. The van der Waals surface area contributed by atoms with Gasteiger partial charge in [-0.3, -0.25) is 4.90 Å². The van der Waals surface area contributed by atoms with Gasteiger partial charge in [0, 0.05) is 37.3 Å². The highest BCUT2D eigenvalue weighted by Gasteiger charge is 2.35. The third-order valence-corrected chi connectivity index (χ3v) is 4.67. The molecule has 1 heterocycles. The second-order valence-electron chi connectivity index (χ2n) is 6.48. The maximum atomic E-state index is 6.28. The summed E-state index contributed by atoms with van der Waals surface area (Å²) in [5.41, 5.74) is 6.78. The Hall–Kier alpha value is -0.120. The molecule has 1 aliphatic carbocycles. The van der Waals surface area contributed by atoms with Crippen molar-refractivity contribution >= 4 is 0 Å². The molecular weight excluding hydrogens is 198 g/mol. The standard InChI is InChI=1S/C13H27N3/c1-12(2)11-16(10-9-15(12)3)8-7-13(14)5-4-6-13/h4-11,14H2,1-3H3. The summed E-state index contributed by atoms with van der Waals surface area (Å²) in [5.74, 6) is 0. The van der Waals surface area contributed by atoms with Crippen molar-refractivity contribution in [3.8, 4) is 0 Å². The highest BCUT2D eigenvalue weighted by atomic mass is 15.3. The highest BCUT2D eigenvalue weighted by Crippen LogP contribution is 2.32. The van der Waals surface area contributed by atoms with E-state index in [9.17, 15) is 0 Å². The number of piperazine rings is 1. The maximum Gasteiger partial charge on any atom is 0.0277 e. The van der Waals surface area contributed by atoms with E-state index in [1.807, 2.05) is 0 Å². The Kier molecular flexibility index (Phi) is 3.30. The summed E-state index contributed by atoms with van der Waals surface area (Å²) in [6.45, 7) is 9.43. The lowest BCUT2D eigenvalue weighted by molar-refractivity contribution is 0.0331. The van der Waals surface area contributed by atoms with Gasteiger partial charge in [-0.1, -0.05) is 0 Å². The molecule has 0 aromatic carbocycles. The van der Waals surface area contributed by atoms with Crippen LogP contribution in [0.15, 0.2) is 0 Å². The molecule has 16 heavy (non-hydrogen) atoms. The van der Waals surface area contributed by atoms with Gasteiger partial charge in [0.25, 0.3) is 0 Å². The molecule has 0 radical (unpaired) electrons. The van der Waals surface area contributed by atoms with Crippen molar-refractivity contribution in [2.24, 2.45) is 5.73 Å². The van der Waals surface area contributed by atoms with E-state index in [0.29, 0.717) is 5.54 Å². The third-order valence-electron chi connectivity index (χ3n) is 4.67. The molecule has 0 aromatic rings. The minimum Gasteiger partial charge on any atom is -0.325 e. The van der Waals surface area contributed by atoms with Gasteiger partial charge in [0.2, 0.25) is 0 Å². The zero-order valence-corrected chi connectivity index (χ0v) is 11.1. The van der Waals surface area contributed by atoms with Crippen LogP contribution in [0.25, 0.3) is 0 Å². The average molecular weight is 225 g/mol. The second-order valence-corrected chi connectivity index (χ2v) is 6.48. The van der Waals surface area contributed by atoms with Crippen molar-refractivity contribution in [2.75, 3.05) is 33.2 Å². The quantitative estimate of drug-likeness (QED) is 0.785. The Morgan fingerprint density at radius 1 is 1.19 bits per heavy atom. The topological polar surface area (TPSA) is 32.5 Å². The molecule has 3 nitrogen and oxygen atoms in total. The molecule has 0 spiro atoms. The lowest BCUT2D eigenvalue weighted by Crippen LogP contribution is -2.58. The number of likely N-dealkylation sites (N-methyl/N-ethyl adjacent to an activating group) is 1. The van der Waals surface area contributed by atoms with Crippen molar-refractivity contribution in [1.82, 2.24) is 9.80 Å². The second kappa shape index (κ2) is 4.28. The van der Waals surface area contributed by atoms with Crippen molar-refractivity contribution in [3.05, 3.63) is 0 Å². The van der Waals surface area contributed by atoms with E-state index in [0.717, 1.165) is 0 Å². The summed E-state index contributed by atoms with van der Waals surface area (Å²) in [7, 11) is 2.23. The Bertz CT molecular complexity index is 246. The van der Waals surface area contributed by atoms with E-state index in [-0.39, 0.29) is 5.54 Å². The van der Waals surface area contributed by atoms with Crippen LogP contribution < -0.4 is 5.73 Å². The van der Waals surface area contributed by atoms with E-state index >= 15 is 0 Å². The summed E-state index contributed by atoms with van der Waals surface area (Å²) in [4.78, 5) is 5.05. The highest BCUT2D eigenvalue weighted by molar-refractivity contribution is 4.94. The molecule has 1 saturated carbocycles. The summed E-state index contributed by atoms with van der Waals surface area (Å²) in [5, 5.41) is 0. The van der Waals surface area contributed by atoms with Gasteiger partial charge in [0.05, 0.1) is 0 Å². The van der Waals surface area contributed by atoms with Gasteiger partial charge in [-0.2, -0.15) is 0 Å². The zero-order chi connectivity index (χ0) is 11.8. The molecular formula is C13H27N3. The Labute approximate surface area is 100.0 Å². The Balaban J connectivity index is 1.78. The molecule has 94 valence electrons. The largest absolute Gasteiger partial charge is 0.325 e.